The van der Waals surface area contributed by atoms with Crippen LogP contribution in [0, 0.1) is 71.5 Å². The zero-order valence-electron chi connectivity index (χ0n) is 15.0. The molecule has 0 aliphatic rings. The Balaban J connectivity index is -0.00000312. The molecule has 0 radical (unpaired) electrons. The van der Waals surface area contributed by atoms with Crippen LogP contribution in [0.1, 0.15) is 0 Å². The van der Waals surface area contributed by atoms with Gasteiger partial charge in [-0.05, 0) is 59.2 Å². The van der Waals surface area contributed by atoms with Gasteiger partial charge in [-0.25, -0.2) is 4.79 Å². The van der Waals surface area contributed by atoms with E-state index in [-0.39, 0.29) is 59.1 Å². The molecule has 8 nitrogen and oxygen atoms in total. The zero-order chi connectivity index (χ0) is 19.7. The molecule has 1 N–H and O–H groups in total. The van der Waals surface area contributed by atoms with Gasteiger partial charge in [-0.3, -0.25) is 0 Å². The minimum atomic E-state index is -5.25. The van der Waals surface area contributed by atoms with Crippen molar-refractivity contribution in [3.8, 4) is 71.5 Å². The number of terminal acetylenes is 1. The molecule has 0 saturated carbocycles. The number of carbonyl (C=O) groups excluding carboxylic acids is 1. The molecule has 11 heteroatoms. The smallest absolute Gasteiger partial charge is 0.790 e. The number of phosphoric acid groups is 1. The van der Waals surface area contributed by atoms with Crippen LogP contribution in [-0.2, 0) is 23.4 Å². The topological polar surface area (TPSA) is 128 Å². The molecular formula is C17H9Na2O8P. The van der Waals surface area contributed by atoms with Crippen molar-refractivity contribution >= 4 is 13.8 Å². The molecule has 0 bridgehead atoms. The standard InChI is InChI=1S/C17H11O8P.2Na/c1-2-3-4-5-6-7-8-9-10-11-12-17(19)25-16(13-23-15-18)14-24-26(20,21)22;;/h1,16,18H,13-15H2,(H2,20,21,22);;/q;2*+1/p-2/t16-;;/m0../s1. The van der Waals surface area contributed by atoms with Crippen molar-refractivity contribution in [1.29, 1.82) is 0 Å². The molecule has 1 atom stereocenters. The van der Waals surface area contributed by atoms with Crippen molar-refractivity contribution in [1.82, 2.24) is 0 Å². The third kappa shape index (κ3) is 22.9. The normalized spacial score (nSPS) is 8.79. The first-order chi connectivity index (χ1) is 12.4. The van der Waals surface area contributed by atoms with Crippen LogP contribution < -0.4 is 68.9 Å². The molecule has 0 amide bonds. The Bertz CT molecular complexity index is 892. The van der Waals surface area contributed by atoms with Crippen molar-refractivity contribution in [3.63, 3.8) is 0 Å². The molecule has 0 fully saturated rings. The number of hydrogen-bond donors (Lipinski definition) is 1. The largest absolute Gasteiger partial charge is 1.00 e. The molecule has 0 aliphatic carbocycles. The third-order valence-electron chi connectivity index (χ3n) is 1.82. The summed E-state index contributed by atoms with van der Waals surface area (Å²) in [6.07, 6.45) is 3.60. The molecule has 0 aromatic rings. The number of esters is 1. The third-order valence-corrected chi connectivity index (χ3v) is 2.29. The van der Waals surface area contributed by atoms with Gasteiger partial charge in [-0.15, -0.1) is 6.42 Å². The van der Waals surface area contributed by atoms with E-state index in [4.69, 9.17) is 16.3 Å². The summed E-state index contributed by atoms with van der Waals surface area (Å²) in [7, 11) is -5.25. The van der Waals surface area contributed by atoms with Crippen LogP contribution in [0.15, 0.2) is 0 Å². The van der Waals surface area contributed by atoms with E-state index in [0.29, 0.717) is 0 Å². The van der Waals surface area contributed by atoms with Gasteiger partial charge >= 0.3 is 65.1 Å². The maximum atomic E-state index is 11.4. The van der Waals surface area contributed by atoms with Crippen molar-refractivity contribution in [2.24, 2.45) is 0 Å². The number of hydrogen-bond acceptors (Lipinski definition) is 8. The summed E-state index contributed by atoms with van der Waals surface area (Å²) >= 11 is 0. The Morgan fingerprint density at radius 3 is 1.93 bits per heavy atom. The molecule has 0 unspecified atom stereocenters. The number of phosphoric ester groups is 1. The van der Waals surface area contributed by atoms with Gasteiger partial charge in [-0.1, -0.05) is 0 Å². The summed E-state index contributed by atoms with van der Waals surface area (Å²) in [5.74, 6) is 23.5. The van der Waals surface area contributed by atoms with E-state index >= 15 is 0 Å². The van der Waals surface area contributed by atoms with Gasteiger partial charge < -0.3 is 33.5 Å². The van der Waals surface area contributed by atoms with Crippen molar-refractivity contribution in [3.05, 3.63) is 0 Å². The molecule has 132 valence electrons. The minimum absolute atomic E-state index is 0. The fraction of sp³-hybridized carbons (Fsp3) is 0.235. The van der Waals surface area contributed by atoms with Crippen molar-refractivity contribution < 1.29 is 97.4 Å². The summed E-state index contributed by atoms with van der Waals surface area (Å²) in [5.41, 5.74) is 0. The quantitative estimate of drug-likeness (QED) is 0.108. The minimum Gasteiger partial charge on any atom is -0.790 e. The average molecular weight is 418 g/mol. The van der Waals surface area contributed by atoms with Crippen molar-refractivity contribution in [2.75, 3.05) is 20.0 Å². The SMILES string of the molecule is C#CC#CC#CC#CC#CC#CC(=O)O[C@@H](COCO)COP(=O)([O-])[O-].[Na+].[Na+]. The van der Waals surface area contributed by atoms with Crippen LogP contribution in [0.3, 0.4) is 0 Å². The van der Waals surface area contributed by atoms with Crippen molar-refractivity contribution in [2.45, 2.75) is 6.10 Å². The Labute approximate surface area is 207 Å². The Morgan fingerprint density at radius 1 is 0.964 bits per heavy atom. The maximum Gasteiger partial charge on any atom is 1.00 e. The molecule has 0 heterocycles. The number of rotatable bonds is 7. The number of carbonyl (C=O) groups is 1. The van der Waals surface area contributed by atoms with Gasteiger partial charge in [0, 0.05) is 5.92 Å². The second kappa shape index (κ2) is 20.6. The fourth-order valence-electron chi connectivity index (χ4n) is 0.993. The summed E-state index contributed by atoms with van der Waals surface area (Å²) in [4.78, 5) is 32.2. The Hall–Kier alpha value is -1.14. The van der Waals surface area contributed by atoms with Gasteiger partial charge in [0.1, 0.15) is 12.9 Å². The van der Waals surface area contributed by atoms with E-state index in [2.05, 4.69) is 68.5 Å². The molecule has 0 aromatic carbocycles. The van der Waals surface area contributed by atoms with E-state index in [1.165, 1.54) is 0 Å². The predicted molar refractivity (Wildman–Crippen MR) is 84.2 cm³/mol. The zero-order valence-corrected chi connectivity index (χ0v) is 19.9. The molecule has 0 saturated heterocycles. The van der Waals surface area contributed by atoms with Gasteiger partial charge in [0.05, 0.1) is 21.0 Å². The first-order valence-corrected chi connectivity index (χ1v) is 7.87. The van der Waals surface area contributed by atoms with E-state index in [1.54, 1.807) is 0 Å². The molecule has 0 aromatic heterocycles. The summed E-state index contributed by atoms with van der Waals surface area (Å²) in [6, 6.07) is 0. The second-order valence-corrected chi connectivity index (χ2v) is 4.82. The van der Waals surface area contributed by atoms with Crippen LogP contribution in [0.5, 0.6) is 0 Å². The Kier molecular flexibility index (Phi) is 23.2. The van der Waals surface area contributed by atoms with Gasteiger partial charge in [0.25, 0.3) is 0 Å². The van der Waals surface area contributed by atoms with Crippen LogP contribution >= 0.6 is 7.82 Å². The molecule has 28 heavy (non-hydrogen) atoms. The van der Waals surface area contributed by atoms with Crippen LogP contribution in [0.4, 0.5) is 0 Å². The van der Waals surface area contributed by atoms with Crippen LogP contribution in [-0.4, -0.2) is 37.2 Å². The summed E-state index contributed by atoms with van der Waals surface area (Å²) in [5, 5.41) is 8.52. The van der Waals surface area contributed by atoms with E-state index in [1.807, 2.05) is 5.92 Å². The fourth-order valence-corrected chi connectivity index (χ4v) is 1.34. The average Bonchev–Trinajstić information content (AvgIpc) is 2.58. The monoisotopic (exact) mass is 418 g/mol. The summed E-state index contributed by atoms with van der Waals surface area (Å²) in [6.45, 7) is -1.91. The molecule has 0 spiro atoms. The summed E-state index contributed by atoms with van der Waals surface area (Å²) < 4.78 is 23.6. The number of ether oxygens (including phenoxy) is 2. The first kappa shape index (κ1) is 31.6. The Morgan fingerprint density at radius 2 is 1.46 bits per heavy atom. The van der Waals surface area contributed by atoms with E-state index < -0.39 is 39.9 Å². The predicted octanol–water partition coefficient (Wildman–Crippen LogP) is -8.63. The molecule has 0 rings (SSSR count). The van der Waals surface area contributed by atoms with Crippen LogP contribution in [0.25, 0.3) is 0 Å². The second-order valence-electron chi connectivity index (χ2n) is 3.66. The first-order valence-electron chi connectivity index (χ1n) is 6.41. The maximum absolute atomic E-state index is 11.4. The number of aliphatic hydroxyl groups excluding tert-OH is 1. The van der Waals surface area contributed by atoms with Gasteiger partial charge in [0.15, 0.2) is 0 Å². The number of aliphatic hydroxyl groups is 1. The van der Waals surface area contributed by atoms with Gasteiger partial charge in [0.2, 0.25) is 0 Å². The van der Waals surface area contributed by atoms with E-state index in [0.717, 1.165) is 0 Å². The molecule has 0 aliphatic heterocycles. The van der Waals surface area contributed by atoms with E-state index in [9.17, 15) is 19.1 Å². The van der Waals surface area contributed by atoms with Gasteiger partial charge in [-0.2, -0.15) is 0 Å². The molecular weight excluding hydrogens is 409 g/mol. The van der Waals surface area contributed by atoms with Crippen LogP contribution in [0.2, 0.25) is 0 Å².